The van der Waals surface area contributed by atoms with E-state index in [0.717, 1.165) is 31.2 Å². The summed E-state index contributed by atoms with van der Waals surface area (Å²) in [6.07, 6.45) is 4.81. The molecule has 1 atom stereocenters. The molecular weight excluding hydrogens is 389 g/mol. The van der Waals surface area contributed by atoms with E-state index in [9.17, 15) is 18.8 Å². The van der Waals surface area contributed by atoms with Crippen molar-refractivity contribution in [3.63, 3.8) is 0 Å². The van der Waals surface area contributed by atoms with Crippen molar-refractivity contribution in [2.75, 3.05) is 26.7 Å². The van der Waals surface area contributed by atoms with Gasteiger partial charge in [0.25, 0.3) is 0 Å². The molecule has 1 aromatic carbocycles. The fraction of sp³-hybridized carbons (Fsp3) is 0.571. The third kappa shape index (κ3) is 4.12. The Balaban J connectivity index is 1.49. The van der Waals surface area contributed by atoms with Crippen LogP contribution >= 0.6 is 0 Å². The van der Waals surface area contributed by atoms with Gasteiger partial charge in [0.15, 0.2) is 0 Å². The quantitative estimate of drug-likeness (QED) is 0.809. The molecule has 162 valence electrons. The first-order valence-electron chi connectivity index (χ1n) is 10.6. The molecule has 9 heteroatoms. The Hall–Kier alpha value is -2.68. The number of likely N-dealkylation sites (N-methyl/N-ethyl adjacent to an activating group) is 1. The Bertz CT molecular complexity index is 811. The fourth-order valence-electron chi connectivity index (χ4n) is 4.67. The molecule has 1 unspecified atom stereocenters. The molecule has 0 radical (unpaired) electrons. The molecule has 3 fully saturated rings. The lowest BCUT2D eigenvalue weighted by molar-refractivity contribution is -0.180. The second-order valence-corrected chi connectivity index (χ2v) is 8.29. The Kier molecular flexibility index (Phi) is 5.90. The first kappa shape index (κ1) is 20.6. The number of hydrazine groups is 1. The third-order valence-electron chi connectivity index (χ3n) is 6.26. The van der Waals surface area contributed by atoms with E-state index in [1.165, 1.54) is 28.5 Å². The molecule has 1 N–H and O–H groups in total. The lowest BCUT2D eigenvalue weighted by Gasteiger charge is -2.53. The first-order chi connectivity index (χ1) is 14.4. The van der Waals surface area contributed by atoms with E-state index >= 15 is 0 Å². The molecule has 4 rings (SSSR count). The summed E-state index contributed by atoms with van der Waals surface area (Å²) in [5.74, 6) is -0.519. The van der Waals surface area contributed by atoms with Crippen LogP contribution in [0.2, 0.25) is 0 Å². The summed E-state index contributed by atoms with van der Waals surface area (Å²) < 4.78 is 13.1. The predicted octanol–water partition coefficient (Wildman–Crippen LogP) is 1.53. The highest BCUT2D eigenvalue weighted by Gasteiger charge is 2.46. The van der Waals surface area contributed by atoms with Gasteiger partial charge in [-0.25, -0.2) is 19.2 Å². The number of piperazine rings is 1. The Morgan fingerprint density at radius 2 is 1.70 bits per heavy atom. The van der Waals surface area contributed by atoms with Gasteiger partial charge in [0.2, 0.25) is 11.8 Å². The Morgan fingerprint density at radius 1 is 1.03 bits per heavy atom. The Labute approximate surface area is 175 Å². The van der Waals surface area contributed by atoms with Crippen molar-refractivity contribution in [3.05, 3.63) is 35.6 Å². The van der Waals surface area contributed by atoms with E-state index in [0.29, 0.717) is 6.54 Å². The topological polar surface area (TPSA) is 76.2 Å². The summed E-state index contributed by atoms with van der Waals surface area (Å²) in [4.78, 5) is 41.7. The lowest BCUT2D eigenvalue weighted by Crippen LogP contribution is -2.74. The van der Waals surface area contributed by atoms with Gasteiger partial charge in [-0.3, -0.25) is 9.59 Å². The van der Waals surface area contributed by atoms with Crippen LogP contribution in [0, 0.1) is 5.82 Å². The minimum Gasteiger partial charge on any atom is -0.334 e. The van der Waals surface area contributed by atoms with Crippen molar-refractivity contribution in [3.8, 4) is 0 Å². The summed E-state index contributed by atoms with van der Waals surface area (Å²) in [5, 5.41) is 6.00. The third-order valence-corrected chi connectivity index (χ3v) is 6.26. The average molecular weight is 417 g/mol. The Morgan fingerprint density at radius 3 is 2.40 bits per heavy atom. The molecule has 0 bridgehead atoms. The molecule has 2 heterocycles. The van der Waals surface area contributed by atoms with Crippen molar-refractivity contribution in [2.45, 2.75) is 50.9 Å². The number of hydrogen-bond donors (Lipinski definition) is 1. The molecule has 0 aromatic heterocycles. The van der Waals surface area contributed by atoms with Crippen LogP contribution in [0.15, 0.2) is 24.3 Å². The van der Waals surface area contributed by atoms with Gasteiger partial charge in [0.1, 0.15) is 18.5 Å². The van der Waals surface area contributed by atoms with E-state index in [-0.39, 0.29) is 49.3 Å². The van der Waals surface area contributed by atoms with Gasteiger partial charge in [-0.05, 0) is 30.5 Å². The molecule has 3 aliphatic rings. The van der Waals surface area contributed by atoms with E-state index in [2.05, 4.69) is 5.32 Å². The normalized spacial score (nSPS) is 23.5. The van der Waals surface area contributed by atoms with Gasteiger partial charge >= 0.3 is 6.03 Å². The van der Waals surface area contributed by atoms with E-state index < -0.39 is 6.17 Å². The number of nitrogens with zero attached hydrogens (tertiary/aromatic N) is 4. The molecule has 1 aliphatic carbocycles. The average Bonchev–Trinajstić information content (AvgIpc) is 2.74. The molecule has 1 aromatic rings. The molecular formula is C21H28FN5O3. The van der Waals surface area contributed by atoms with Crippen LogP contribution in [-0.4, -0.2) is 76.6 Å². The summed E-state index contributed by atoms with van der Waals surface area (Å²) >= 11 is 0. The van der Waals surface area contributed by atoms with Crippen LogP contribution in [0.3, 0.4) is 0 Å². The number of halogens is 1. The highest BCUT2D eigenvalue weighted by Crippen LogP contribution is 2.28. The van der Waals surface area contributed by atoms with Crippen LogP contribution in [0.4, 0.5) is 9.18 Å². The molecule has 2 saturated heterocycles. The van der Waals surface area contributed by atoms with Gasteiger partial charge in [0.05, 0.1) is 13.1 Å². The highest BCUT2D eigenvalue weighted by molar-refractivity contribution is 5.89. The van der Waals surface area contributed by atoms with Gasteiger partial charge in [-0.1, -0.05) is 31.4 Å². The van der Waals surface area contributed by atoms with Crippen LogP contribution < -0.4 is 5.32 Å². The zero-order valence-corrected chi connectivity index (χ0v) is 17.2. The molecule has 2 aliphatic heterocycles. The predicted molar refractivity (Wildman–Crippen MR) is 107 cm³/mol. The molecule has 30 heavy (non-hydrogen) atoms. The lowest BCUT2D eigenvalue weighted by atomic mass is 9.93. The highest BCUT2D eigenvalue weighted by atomic mass is 19.1. The summed E-state index contributed by atoms with van der Waals surface area (Å²) in [5.41, 5.74) is 0.778. The van der Waals surface area contributed by atoms with E-state index in [1.54, 1.807) is 24.2 Å². The number of benzene rings is 1. The standard InChI is InChI=1S/C21H28FN5O3/c1-24-13-19(28)26-14-20(29)25(17-5-3-2-4-6-17)12-18(26)27(24)21(30)23-11-15-7-9-16(22)10-8-15/h7-10,17-18H,2-6,11-14H2,1H3,(H,23,30). The second-order valence-electron chi connectivity index (χ2n) is 8.29. The van der Waals surface area contributed by atoms with Gasteiger partial charge in [0, 0.05) is 19.6 Å². The molecule has 8 nitrogen and oxygen atoms in total. The van der Waals surface area contributed by atoms with Crippen molar-refractivity contribution < 1.29 is 18.8 Å². The number of amides is 4. The number of fused-ring (bicyclic) bond motifs is 1. The number of rotatable bonds is 3. The first-order valence-corrected chi connectivity index (χ1v) is 10.6. The van der Waals surface area contributed by atoms with E-state index in [1.807, 2.05) is 4.90 Å². The van der Waals surface area contributed by atoms with Crippen molar-refractivity contribution in [2.24, 2.45) is 0 Å². The van der Waals surface area contributed by atoms with Gasteiger partial charge < -0.3 is 15.1 Å². The second kappa shape index (κ2) is 8.59. The van der Waals surface area contributed by atoms with Crippen molar-refractivity contribution in [1.29, 1.82) is 0 Å². The smallest absolute Gasteiger partial charge is 0.334 e. The molecule has 4 amide bonds. The fourth-order valence-corrected chi connectivity index (χ4v) is 4.67. The SMILES string of the molecule is CN1CC(=O)N2CC(=O)N(C3CCCCC3)CC2N1C(=O)NCc1ccc(F)cc1. The number of hydrogen-bond acceptors (Lipinski definition) is 4. The number of nitrogens with one attached hydrogen (secondary N) is 1. The van der Waals surface area contributed by atoms with Crippen LogP contribution in [0.1, 0.15) is 37.7 Å². The van der Waals surface area contributed by atoms with Crippen LogP contribution in [-0.2, 0) is 16.1 Å². The number of carbonyl (C=O) groups excluding carboxylic acids is 3. The zero-order chi connectivity index (χ0) is 21.3. The molecule has 0 spiro atoms. The van der Waals surface area contributed by atoms with Crippen LogP contribution in [0.25, 0.3) is 0 Å². The van der Waals surface area contributed by atoms with Gasteiger partial charge in [-0.2, -0.15) is 0 Å². The minimum absolute atomic E-state index is 0.00951. The largest absolute Gasteiger partial charge is 0.334 e. The maximum absolute atomic E-state index is 13.1. The summed E-state index contributed by atoms with van der Waals surface area (Å²) in [6, 6.07) is 5.78. The number of urea groups is 1. The minimum atomic E-state index is -0.524. The maximum atomic E-state index is 13.1. The summed E-state index contributed by atoms with van der Waals surface area (Å²) in [6.45, 7) is 0.617. The van der Waals surface area contributed by atoms with E-state index in [4.69, 9.17) is 0 Å². The van der Waals surface area contributed by atoms with Gasteiger partial charge in [-0.15, -0.1) is 0 Å². The molecule has 1 saturated carbocycles. The zero-order valence-electron chi connectivity index (χ0n) is 17.2. The van der Waals surface area contributed by atoms with Crippen molar-refractivity contribution >= 4 is 17.8 Å². The number of carbonyl (C=O) groups is 3. The van der Waals surface area contributed by atoms with Crippen molar-refractivity contribution in [1.82, 2.24) is 25.1 Å². The summed E-state index contributed by atoms with van der Waals surface area (Å²) in [7, 11) is 1.70. The monoisotopic (exact) mass is 417 g/mol. The van der Waals surface area contributed by atoms with Crippen LogP contribution in [0.5, 0.6) is 0 Å². The maximum Gasteiger partial charge on any atom is 0.334 e.